The van der Waals surface area contributed by atoms with Crippen molar-refractivity contribution >= 4 is 23.1 Å². The van der Waals surface area contributed by atoms with E-state index in [2.05, 4.69) is 30.9 Å². The third kappa shape index (κ3) is 3.99. The monoisotopic (exact) mass is 425 g/mol. The predicted octanol–water partition coefficient (Wildman–Crippen LogP) is 4.64. The first-order valence-corrected chi connectivity index (χ1v) is 9.74. The quantitative estimate of drug-likeness (QED) is 0.437. The van der Waals surface area contributed by atoms with E-state index in [9.17, 15) is 9.18 Å². The average molecular weight is 425 g/mol. The van der Waals surface area contributed by atoms with E-state index in [0.29, 0.717) is 34.2 Å². The van der Waals surface area contributed by atoms with E-state index < -0.39 is 11.8 Å². The van der Waals surface area contributed by atoms with Gasteiger partial charge in [0.2, 0.25) is 5.82 Å². The van der Waals surface area contributed by atoms with E-state index >= 15 is 0 Å². The van der Waals surface area contributed by atoms with Crippen molar-refractivity contribution in [2.75, 3.05) is 10.6 Å². The highest BCUT2D eigenvalue weighted by atomic mass is 19.1. The van der Waals surface area contributed by atoms with Gasteiger partial charge in [-0.2, -0.15) is 9.61 Å². The Kier molecular flexibility index (Phi) is 4.97. The maximum Gasteiger partial charge on any atom is 0.323 e. The summed E-state index contributed by atoms with van der Waals surface area (Å²) in [6.07, 6.45) is 1.68. The average Bonchev–Trinajstić information content (AvgIpc) is 3.23. The lowest BCUT2D eigenvalue weighted by molar-refractivity contribution is 0.262. The Hall–Kier alpha value is -4.66. The van der Waals surface area contributed by atoms with Crippen LogP contribution in [0.5, 0.6) is 0 Å². The SMILES string of the molecule is O=C(Nc1cccc(F)c1)Nc1cccc(-c2ccc3nnc(-c4ccccn4)n3n2)c1. The molecule has 0 unspecified atom stereocenters. The zero-order valence-electron chi connectivity index (χ0n) is 16.6. The molecule has 0 aliphatic heterocycles. The minimum atomic E-state index is -0.479. The molecule has 0 fully saturated rings. The molecule has 0 spiro atoms. The van der Waals surface area contributed by atoms with Gasteiger partial charge in [-0.15, -0.1) is 10.2 Å². The van der Waals surface area contributed by atoms with Crippen molar-refractivity contribution in [2.24, 2.45) is 0 Å². The van der Waals surface area contributed by atoms with Gasteiger partial charge in [0.25, 0.3) is 0 Å². The van der Waals surface area contributed by atoms with Crippen molar-refractivity contribution in [2.45, 2.75) is 0 Å². The van der Waals surface area contributed by atoms with Crippen LogP contribution in [0.1, 0.15) is 0 Å². The van der Waals surface area contributed by atoms with Crippen molar-refractivity contribution in [3.63, 3.8) is 0 Å². The highest BCUT2D eigenvalue weighted by Gasteiger charge is 2.12. The van der Waals surface area contributed by atoms with Gasteiger partial charge in [0.1, 0.15) is 11.5 Å². The number of aromatic nitrogens is 5. The number of hydrogen-bond donors (Lipinski definition) is 2. The molecule has 0 radical (unpaired) electrons. The number of rotatable bonds is 4. The number of fused-ring (bicyclic) bond motifs is 1. The topological polar surface area (TPSA) is 97.1 Å². The minimum absolute atomic E-state index is 0.362. The Bertz CT molecular complexity index is 1420. The number of benzene rings is 2. The molecule has 3 heterocycles. The lowest BCUT2D eigenvalue weighted by atomic mass is 10.1. The van der Waals surface area contributed by atoms with Gasteiger partial charge in [-0.25, -0.2) is 9.18 Å². The van der Waals surface area contributed by atoms with E-state index in [0.717, 1.165) is 5.56 Å². The Labute approximate surface area is 181 Å². The molecule has 0 aliphatic carbocycles. The maximum atomic E-state index is 13.3. The zero-order chi connectivity index (χ0) is 21.9. The molecule has 0 atom stereocenters. The molecule has 5 aromatic rings. The molecule has 156 valence electrons. The van der Waals surface area contributed by atoms with Gasteiger partial charge >= 0.3 is 6.03 Å². The molecule has 5 rings (SSSR count). The minimum Gasteiger partial charge on any atom is -0.308 e. The number of nitrogens with one attached hydrogen (secondary N) is 2. The number of hydrogen-bond acceptors (Lipinski definition) is 5. The molecule has 0 saturated heterocycles. The van der Waals surface area contributed by atoms with Gasteiger partial charge in [0.15, 0.2) is 5.65 Å². The summed E-state index contributed by atoms with van der Waals surface area (Å²) in [4.78, 5) is 16.6. The van der Waals surface area contributed by atoms with Gasteiger partial charge in [0, 0.05) is 23.1 Å². The molecule has 0 bridgehead atoms. The molecule has 2 N–H and O–H groups in total. The van der Waals surface area contributed by atoms with E-state index in [-0.39, 0.29) is 0 Å². The third-order valence-corrected chi connectivity index (χ3v) is 4.66. The zero-order valence-corrected chi connectivity index (χ0v) is 16.6. The molecule has 2 aromatic carbocycles. The third-order valence-electron chi connectivity index (χ3n) is 4.66. The largest absolute Gasteiger partial charge is 0.323 e. The first-order valence-electron chi connectivity index (χ1n) is 9.74. The van der Waals surface area contributed by atoms with Crippen LogP contribution >= 0.6 is 0 Å². The Morgan fingerprint density at radius 1 is 0.812 bits per heavy atom. The molecule has 8 nitrogen and oxygen atoms in total. The standard InChI is InChI=1S/C23H16FN7O/c24-16-6-4-8-18(14-16)27-23(32)26-17-7-3-5-15(13-17)19-10-11-21-28-29-22(31(21)30-19)20-9-1-2-12-25-20/h1-14H,(H2,26,27,32). The van der Waals surface area contributed by atoms with E-state index in [1.807, 2.05) is 42.5 Å². The van der Waals surface area contributed by atoms with Crippen molar-refractivity contribution in [3.8, 4) is 22.8 Å². The van der Waals surface area contributed by atoms with Gasteiger partial charge in [-0.05, 0) is 54.6 Å². The van der Waals surface area contributed by atoms with E-state index in [4.69, 9.17) is 0 Å². The van der Waals surface area contributed by atoms with Gasteiger partial charge < -0.3 is 10.6 Å². The number of anilines is 2. The Balaban J connectivity index is 1.41. The van der Waals surface area contributed by atoms with Crippen molar-refractivity contribution in [1.29, 1.82) is 0 Å². The number of carbonyl (C=O) groups excluding carboxylic acids is 1. The first kappa shape index (κ1) is 19.3. The fourth-order valence-electron chi connectivity index (χ4n) is 3.21. The predicted molar refractivity (Wildman–Crippen MR) is 118 cm³/mol. The smallest absolute Gasteiger partial charge is 0.308 e. The molecule has 3 aromatic heterocycles. The fraction of sp³-hybridized carbons (Fsp3) is 0. The van der Waals surface area contributed by atoms with Crippen molar-refractivity contribution < 1.29 is 9.18 Å². The van der Waals surface area contributed by atoms with Crippen LogP contribution in [0.15, 0.2) is 85.1 Å². The molecule has 32 heavy (non-hydrogen) atoms. The summed E-state index contributed by atoms with van der Waals surface area (Å²) in [7, 11) is 0. The van der Waals surface area contributed by atoms with Crippen molar-refractivity contribution in [3.05, 3.63) is 90.9 Å². The Morgan fingerprint density at radius 3 is 2.41 bits per heavy atom. The number of pyridine rings is 1. The number of halogens is 1. The molecular formula is C23H16FN7O. The van der Waals surface area contributed by atoms with Crippen LogP contribution in [-0.4, -0.2) is 30.8 Å². The van der Waals surface area contributed by atoms with Crippen LogP contribution in [0.4, 0.5) is 20.6 Å². The maximum absolute atomic E-state index is 13.3. The summed E-state index contributed by atoms with van der Waals surface area (Å²) in [6, 6.07) is 21.6. The van der Waals surface area contributed by atoms with Crippen LogP contribution in [-0.2, 0) is 0 Å². The van der Waals surface area contributed by atoms with Gasteiger partial charge in [0.05, 0.1) is 5.69 Å². The second-order valence-electron chi connectivity index (χ2n) is 6.90. The summed E-state index contributed by atoms with van der Waals surface area (Å²) in [5, 5.41) is 18.4. The molecule has 9 heteroatoms. The first-order chi connectivity index (χ1) is 15.7. The van der Waals surface area contributed by atoms with Crippen molar-refractivity contribution in [1.82, 2.24) is 24.8 Å². The second kappa shape index (κ2) is 8.23. The highest BCUT2D eigenvalue weighted by molar-refractivity contribution is 6.00. The summed E-state index contributed by atoms with van der Waals surface area (Å²) < 4.78 is 14.9. The van der Waals surface area contributed by atoms with Gasteiger partial charge in [-0.1, -0.05) is 24.3 Å². The second-order valence-corrected chi connectivity index (χ2v) is 6.90. The van der Waals surface area contributed by atoms with Crippen LogP contribution in [0.2, 0.25) is 0 Å². The normalized spacial score (nSPS) is 10.8. The van der Waals surface area contributed by atoms with Crippen LogP contribution in [0, 0.1) is 5.82 Å². The van der Waals surface area contributed by atoms with Crippen LogP contribution in [0.25, 0.3) is 28.4 Å². The van der Waals surface area contributed by atoms with Crippen LogP contribution in [0.3, 0.4) is 0 Å². The highest BCUT2D eigenvalue weighted by Crippen LogP contribution is 2.23. The summed E-state index contributed by atoms with van der Waals surface area (Å²) in [6.45, 7) is 0. The lowest BCUT2D eigenvalue weighted by Gasteiger charge is -2.09. The summed E-state index contributed by atoms with van der Waals surface area (Å²) in [5.41, 5.74) is 3.64. The number of urea groups is 1. The summed E-state index contributed by atoms with van der Waals surface area (Å²) in [5.74, 6) is 0.108. The number of amides is 2. The fourth-order valence-corrected chi connectivity index (χ4v) is 3.21. The number of carbonyl (C=O) groups is 1. The molecule has 0 aliphatic rings. The lowest BCUT2D eigenvalue weighted by Crippen LogP contribution is -2.19. The summed E-state index contributed by atoms with van der Waals surface area (Å²) >= 11 is 0. The Morgan fingerprint density at radius 2 is 1.62 bits per heavy atom. The van der Waals surface area contributed by atoms with Gasteiger partial charge in [-0.3, -0.25) is 4.98 Å². The molecule has 2 amide bonds. The molecular weight excluding hydrogens is 409 g/mol. The van der Waals surface area contributed by atoms with Crippen LogP contribution < -0.4 is 10.6 Å². The van der Waals surface area contributed by atoms with E-state index in [1.165, 1.54) is 18.2 Å². The van der Waals surface area contributed by atoms with E-state index in [1.54, 1.807) is 28.9 Å². The molecule has 0 saturated carbocycles. The number of nitrogens with zero attached hydrogens (tertiary/aromatic N) is 5.